The molecule has 1 saturated carbocycles. The van der Waals surface area contributed by atoms with E-state index in [0.717, 1.165) is 18.5 Å². The Labute approximate surface area is 163 Å². The van der Waals surface area contributed by atoms with Gasteiger partial charge in [0.05, 0.1) is 43.6 Å². The number of rotatable bonds is 6. The predicted molar refractivity (Wildman–Crippen MR) is 79.3 cm³/mol. The van der Waals surface area contributed by atoms with Crippen molar-refractivity contribution in [2.75, 3.05) is 7.11 Å². The maximum atomic E-state index is 12.4. The van der Waals surface area contributed by atoms with Gasteiger partial charge < -0.3 is 20.0 Å². The summed E-state index contributed by atoms with van der Waals surface area (Å²) in [7, 11) is 1.57. The van der Waals surface area contributed by atoms with Crippen molar-refractivity contribution in [3.8, 4) is 5.75 Å². The minimum atomic E-state index is -1.08. The van der Waals surface area contributed by atoms with Gasteiger partial charge in [0.15, 0.2) is 0 Å². The van der Waals surface area contributed by atoms with E-state index in [-0.39, 0.29) is 47.5 Å². The molecule has 124 valence electrons. The maximum absolute atomic E-state index is 12.4. The van der Waals surface area contributed by atoms with Gasteiger partial charge in [-0.25, -0.2) is 0 Å². The topological polar surface area (TPSA) is 94.6 Å². The number of carbonyl (C=O) groups is 2. The van der Waals surface area contributed by atoms with Crippen molar-refractivity contribution in [1.82, 2.24) is 15.2 Å². The summed E-state index contributed by atoms with van der Waals surface area (Å²) in [4.78, 5) is 29.7. The van der Waals surface area contributed by atoms with Crippen LogP contribution in [0.5, 0.6) is 5.75 Å². The average Bonchev–Trinajstić information content (AvgIpc) is 3.30. The van der Waals surface area contributed by atoms with Gasteiger partial charge in [-0.2, -0.15) is 0 Å². The first kappa shape index (κ1) is 19.2. The third kappa shape index (κ3) is 4.27. The molecule has 1 aliphatic carbocycles. The van der Waals surface area contributed by atoms with Crippen LogP contribution in [0, 0.1) is 0 Å². The van der Waals surface area contributed by atoms with Crippen LogP contribution in [-0.4, -0.2) is 47.0 Å². The summed E-state index contributed by atoms with van der Waals surface area (Å²) in [6.45, 7) is 0.313. The van der Waals surface area contributed by atoms with Crippen molar-refractivity contribution >= 4 is 11.9 Å². The Morgan fingerprint density at radius 1 is 1.29 bits per heavy atom. The summed E-state index contributed by atoms with van der Waals surface area (Å²) in [5.74, 6) is -0.560. The number of carboxylic acids is 1. The molecule has 7 nitrogen and oxygen atoms in total. The molecule has 2 heterocycles. The number of carbonyl (C=O) groups excluding carboxylic acids is 2. The van der Waals surface area contributed by atoms with Gasteiger partial charge in [-0.05, 0) is 37.8 Å². The molecule has 2 aliphatic rings. The fraction of sp³-hybridized carbons (Fsp3) is 0.562. The number of nitrogens with one attached hydrogen (secondary N) is 1. The number of likely N-dealkylation sites (tertiary alicyclic amines) is 1. The fourth-order valence-corrected chi connectivity index (χ4v) is 3.15. The Morgan fingerprint density at radius 3 is 2.54 bits per heavy atom. The van der Waals surface area contributed by atoms with Crippen LogP contribution in [0.2, 0.25) is 0 Å². The number of hydrogen-bond donors (Lipinski definition) is 1. The minimum Gasteiger partial charge on any atom is -0.548 e. The van der Waals surface area contributed by atoms with Gasteiger partial charge in [0.25, 0.3) is 0 Å². The van der Waals surface area contributed by atoms with E-state index < -0.39 is 12.0 Å². The number of aliphatic carboxylic acids is 1. The second-order valence-corrected chi connectivity index (χ2v) is 6.01. The molecule has 2 atom stereocenters. The molecule has 1 aromatic heterocycles. The fourth-order valence-electron chi connectivity index (χ4n) is 3.15. The number of pyridine rings is 1. The van der Waals surface area contributed by atoms with Crippen molar-refractivity contribution in [3.63, 3.8) is 0 Å². The molecule has 1 saturated heterocycles. The summed E-state index contributed by atoms with van der Waals surface area (Å²) < 4.78 is 5.04. The van der Waals surface area contributed by atoms with Crippen LogP contribution in [-0.2, 0) is 16.1 Å². The van der Waals surface area contributed by atoms with Crippen LogP contribution in [0.25, 0.3) is 0 Å². The molecule has 1 aliphatic heterocycles. The van der Waals surface area contributed by atoms with Gasteiger partial charge in [-0.1, -0.05) is 0 Å². The van der Waals surface area contributed by atoms with E-state index in [2.05, 4.69) is 10.3 Å². The van der Waals surface area contributed by atoms with Gasteiger partial charge in [0, 0.05) is 6.04 Å². The van der Waals surface area contributed by atoms with Crippen molar-refractivity contribution in [3.05, 3.63) is 24.0 Å². The number of amides is 1. The Hall–Kier alpha value is -1.15. The third-order valence-corrected chi connectivity index (χ3v) is 4.45. The largest absolute Gasteiger partial charge is 1.00 e. The predicted octanol–water partition coefficient (Wildman–Crippen LogP) is -3.54. The second kappa shape index (κ2) is 8.29. The van der Waals surface area contributed by atoms with Crippen LogP contribution in [0.15, 0.2) is 18.3 Å². The zero-order valence-corrected chi connectivity index (χ0v) is 16.0. The van der Waals surface area contributed by atoms with E-state index in [9.17, 15) is 14.7 Å². The van der Waals surface area contributed by atoms with E-state index in [1.165, 1.54) is 0 Å². The number of carboxylic acid groups (broad SMARTS) is 1. The second-order valence-electron chi connectivity index (χ2n) is 6.01. The van der Waals surface area contributed by atoms with E-state index in [1.54, 1.807) is 25.4 Å². The first-order valence-electron chi connectivity index (χ1n) is 7.85. The van der Waals surface area contributed by atoms with Crippen molar-refractivity contribution < 1.29 is 49.0 Å². The van der Waals surface area contributed by atoms with Crippen LogP contribution >= 0.6 is 0 Å². The van der Waals surface area contributed by atoms with Crippen LogP contribution in [0.4, 0.5) is 0 Å². The number of methoxy groups -OCH3 is 1. The first-order chi connectivity index (χ1) is 11.1. The Morgan fingerprint density at radius 2 is 2.00 bits per heavy atom. The van der Waals surface area contributed by atoms with Crippen molar-refractivity contribution in [2.45, 2.75) is 50.4 Å². The zero-order valence-electron chi connectivity index (χ0n) is 14.0. The maximum Gasteiger partial charge on any atom is 1.00 e. The van der Waals surface area contributed by atoms with Gasteiger partial charge in [0.2, 0.25) is 5.91 Å². The van der Waals surface area contributed by atoms with Crippen molar-refractivity contribution in [2.24, 2.45) is 0 Å². The monoisotopic (exact) mass is 341 g/mol. The Kier molecular flexibility index (Phi) is 6.62. The molecule has 3 rings (SSSR count). The van der Waals surface area contributed by atoms with Crippen LogP contribution in [0.1, 0.15) is 31.4 Å². The van der Waals surface area contributed by atoms with E-state index >= 15 is 0 Å². The van der Waals surface area contributed by atoms with E-state index in [4.69, 9.17) is 4.74 Å². The van der Waals surface area contributed by atoms with Gasteiger partial charge in [0.1, 0.15) is 5.75 Å². The summed E-state index contributed by atoms with van der Waals surface area (Å²) in [6.07, 6.45) is 4.52. The molecule has 8 heteroatoms. The van der Waals surface area contributed by atoms with Gasteiger partial charge in [-0.3, -0.25) is 14.7 Å². The Bertz CT molecular complexity index is 591. The Balaban J connectivity index is 0.00000208. The standard InChI is InChI=1S/C16H21N3O4.Na/c1-23-12-5-2-10(17-9-12)8-18-15(20)13-6-7-14(16(21)22)19(13)11-3-4-11;/h2,5,9,11,13-14H,3-4,6-8H2,1H3,(H,18,20)(H,21,22);/q;+1/p-1. The SMILES string of the molecule is COc1ccc(CNC(=O)C2CCC(C(=O)[O-])N2C2CC2)nc1.[Na+]. The summed E-state index contributed by atoms with van der Waals surface area (Å²) in [5, 5.41) is 14.1. The summed E-state index contributed by atoms with van der Waals surface area (Å²) in [6, 6.07) is 2.75. The molecule has 24 heavy (non-hydrogen) atoms. The van der Waals surface area contributed by atoms with Crippen molar-refractivity contribution in [1.29, 1.82) is 0 Å². The molecule has 2 fully saturated rings. The van der Waals surface area contributed by atoms with E-state index in [1.807, 2.05) is 4.90 Å². The molecule has 0 aromatic carbocycles. The van der Waals surface area contributed by atoms with Gasteiger partial charge >= 0.3 is 29.6 Å². The van der Waals surface area contributed by atoms with Crippen LogP contribution < -0.4 is 44.7 Å². The molecular formula is C16H20N3NaO4. The van der Waals surface area contributed by atoms with Crippen LogP contribution in [0.3, 0.4) is 0 Å². The molecule has 1 amide bonds. The smallest absolute Gasteiger partial charge is 0.548 e. The normalized spacial score (nSPS) is 23.4. The molecule has 2 unspecified atom stereocenters. The van der Waals surface area contributed by atoms with E-state index in [0.29, 0.717) is 25.1 Å². The summed E-state index contributed by atoms with van der Waals surface area (Å²) in [5.41, 5.74) is 0.728. The number of aromatic nitrogens is 1. The average molecular weight is 341 g/mol. The molecular weight excluding hydrogens is 321 g/mol. The molecule has 0 bridgehead atoms. The molecule has 0 spiro atoms. The summed E-state index contributed by atoms with van der Waals surface area (Å²) >= 11 is 0. The molecule has 0 radical (unpaired) electrons. The number of nitrogens with zero attached hydrogens (tertiary/aromatic N) is 2. The van der Waals surface area contributed by atoms with Gasteiger partial charge in [-0.15, -0.1) is 0 Å². The number of ether oxygens (including phenoxy) is 1. The zero-order chi connectivity index (χ0) is 16.4. The molecule has 1 N–H and O–H groups in total. The third-order valence-electron chi connectivity index (χ3n) is 4.45. The molecule has 1 aromatic rings. The first-order valence-corrected chi connectivity index (χ1v) is 7.85. The minimum absolute atomic E-state index is 0. The quantitative estimate of drug-likeness (QED) is 0.539. The number of hydrogen-bond acceptors (Lipinski definition) is 6.